The number of rotatable bonds is 6. The molecule has 0 fully saturated rings. The van der Waals surface area contributed by atoms with E-state index in [1.54, 1.807) is 12.1 Å². The number of Topliss-reactive ketones (excluding diaryl/α,β-unsaturated/α-hetero) is 1. The number of hydrazine groups is 1. The van der Waals surface area contributed by atoms with Crippen molar-refractivity contribution >= 4 is 40.6 Å². The number of benzene rings is 2. The topological polar surface area (TPSA) is 90.5 Å². The van der Waals surface area contributed by atoms with E-state index in [9.17, 15) is 40.7 Å². The summed E-state index contributed by atoms with van der Waals surface area (Å²) in [7, 11) is 0. The van der Waals surface area contributed by atoms with E-state index < -0.39 is 64.5 Å². The summed E-state index contributed by atoms with van der Waals surface area (Å²) in [4.78, 5) is 38.2. The first-order valence-electron chi connectivity index (χ1n) is 9.79. The number of alkyl halides is 6. The average molecular weight is 518 g/mol. The van der Waals surface area contributed by atoms with Gasteiger partial charge in [0.05, 0.1) is 34.8 Å². The van der Waals surface area contributed by atoms with Crippen molar-refractivity contribution in [3.05, 3.63) is 64.7 Å². The fourth-order valence-corrected chi connectivity index (χ4v) is 3.44. The van der Waals surface area contributed by atoms with Crippen LogP contribution >= 0.6 is 12.2 Å². The van der Waals surface area contributed by atoms with Crippen LogP contribution in [-0.2, 0) is 17.1 Å². The van der Waals surface area contributed by atoms with Gasteiger partial charge in [0.2, 0.25) is 0 Å². The lowest BCUT2D eigenvalue weighted by atomic mass is 10.1. The molecule has 0 saturated carbocycles. The number of hydrogen-bond donors (Lipinski definition) is 3. The highest BCUT2D eigenvalue weighted by atomic mass is 32.1. The molecule has 3 rings (SSSR count). The normalized spacial score (nSPS) is 14.5. The molecule has 0 aliphatic carbocycles. The number of hydrogen-bond acceptors (Lipinski definition) is 5. The molecule has 7 nitrogen and oxygen atoms in total. The maximum atomic E-state index is 13.0. The highest BCUT2D eigenvalue weighted by Gasteiger charge is 2.40. The molecule has 1 atom stereocenters. The van der Waals surface area contributed by atoms with Crippen LogP contribution in [0.2, 0.25) is 0 Å². The molecule has 1 aliphatic heterocycles. The summed E-state index contributed by atoms with van der Waals surface area (Å²) in [6.07, 6.45) is -10.1. The molecule has 2 amide bonds. The van der Waals surface area contributed by atoms with Gasteiger partial charge in [-0.3, -0.25) is 24.7 Å². The van der Waals surface area contributed by atoms with Crippen molar-refractivity contribution in [3.63, 3.8) is 0 Å². The molecule has 3 N–H and O–H groups in total. The van der Waals surface area contributed by atoms with Crippen molar-refractivity contribution in [2.75, 3.05) is 11.9 Å². The Bertz CT molecular complexity index is 1130. The van der Waals surface area contributed by atoms with Crippen molar-refractivity contribution < 1.29 is 40.7 Å². The summed E-state index contributed by atoms with van der Waals surface area (Å²) < 4.78 is 77.8. The molecule has 2 aromatic carbocycles. The van der Waals surface area contributed by atoms with E-state index in [0.29, 0.717) is 12.1 Å². The van der Waals surface area contributed by atoms with Crippen LogP contribution in [0.5, 0.6) is 0 Å². The second-order valence-corrected chi connectivity index (χ2v) is 7.80. The Kier molecular flexibility index (Phi) is 7.17. The highest BCUT2D eigenvalue weighted by Crippen LogP contribution is 2.37. The van der Waals surface area contributed by atoms with Crippen LogP contribution in [0.4, 0.5) is 32.0 Å². The van der Waals surface area contributed by atoms with E-state index in [4.69, 9.17) is 12.2 Å². The highest BCUT2D eigenvalue weighted by molar-refractivity contribution is 7.80. The first kappa shape index (κ1) is 26.1. The monoisotopic (exact) mass is 518 g/mol. The van der Waals surface area contributed by atoms with Gasteiger partial charge in [-0.05, 0) is 49.5 Å². The smallest absolute Gasteiger partial charge is 0.332 e. The standard InChI is InChI=1S/C21H16F6N4O3S/c1-10(31-17(33)14-4-2-3-5-15(14)18(31)34)16(32)9-28-30-19(35)29-13-7-11(20(22,23)24)6-12(8-13)21(25,26)27/h2-8,10,28H,9H2,1H3,(H2,29,30,35). The Morgan fingerprint density at radius 2 is 1.43 bits per heavy atom. The lowest BCUT2D eigenvalue weighted by Crippen LogP contribution is -2.49. The minimum absolute atomic E-state index is 0.0286. The van der Waals surface area contributed by atoms with Crippen LogP contribution in [0, 0.1) is 0 Å². The second kappa shape index (κ2) is 9.62. The summed E-state index contributed by atoms with van der Waals surface area (Å²) >= 11 is 4.84. The zero-order valence-corrected chi connectivity index (χ0v) is 18.5. The maximum Gasteiger partial charge on any atom is 0.416 e. The number of carbonyl (C=O) groups is 3. The van der Waals surface area contributed by atoms with Crippen LogP contribution < -0.4 is 16.2 Å². The predicted molar refractivity (Wildman–Crippen MR) is 115 cm³/mol. The number of ketones is 1. The third kappa shape index (κ3) is 5.77. The minimum atomic E-state index is -5.03. The molecule has 14 heteroatoms. The first-order valence-corrected chi connectivity index (χ1v) is 10.2. The fraction of sp³-hybridized carbons (Fsp3) is 0.238. The number of imide groups is 1. The molecule has 0 aromatic heterocycles. The van der Waals surface area contributed by atoms with Gasteiger partial charge in [-0.2, -0.15) is 26.3 Å². The second-order valence-electron chi connectivity index (χ2n) is 7.40. The maximum absolute atomic E-state index is 13.0. The predicted octanol–water partition coefficient (Wildman–Crippen LogP) is 3.77. The SMILES string of the molecule is CC(C(=O)CNNC(=S)Nc1cc(C(F)(F)F)cc(C(F)(F)F)c1)N1C(=O)c2ccccc2C1=O. The van der Waals surface area contributed by atoms with Crippen molar-refractivity contribution in [2.45, 2.75) is 25.3 Å². The van der Waals surface area contributed by atoms with Gasteiger partial charge in [0.15, 0.2) is 10.9 Å². The number of thiocarbonyl (C=S) groups is 1. The first-order chi connectivity index (χ1) is 16.2. The largest absolute Gasteiger partial charge is 0.416 e. The Balaban J connectivity index is 1.60. The van der Waals surface area contributed by atoms with E-state index in [-0.39, 0.29) is 17.2 Å². The summed E-state index contributed by atoms with van der Waals surface area (Å²) in [5, 5.41) is 1.75. The lowest BCUT2D eigenvalue weighted by Gasteiger charge is -2.21. The molecule has 0 radical (unpaired) electrons. The average Bonchev–Trinajstić information content (AvgIpc) is 3.02. The molecule has 0 spiro atoms. The summed E-state index contributed by atoms with van der Waals surface area (Å²) in [6.45, 7) is 0.857. The molecule has 35 heavy (non-hydrogen) atoms. The molecular weight excluding hydrogens is 502 g/mol. The number of fused-ring (bicyclic) bond motifs is 1. The van der Waals surface area contributed by atoms with E-state index in [1.807, 2.05) is 0 Å². The Morgan fingerprint density at radius 1 is 0.943 bits per heavy atom. The van der Waals surface area contributed by atoms with Crippen LogP contribution in [0.1, 0.15) is 38.8 Å². The van der Waals surface area contributed by atoms with Gasteiger partial charge in [-0.25, -0.2) is 5.43 Å². The van der Waals surface area contributed by atoms with Crippen molar-refractivity contribution in [2.24, 2.45) is 0 Å². The van der Waals surface area contributed by atoms with Gasteiger partial charge < -0.3 is 5.32 Å². The van der Waals surface area contributed by atoms with Gasteiger partial charge in [0.1, 0.15) is 0 Å². The van der Waals surface area contributed by atoms with Crippen LogP contribution in [0.15, 0.2) is 42.5 Å². The van der Waals surface area contributed by atoms with Crippen molar-refractivity contribution in [1.82, 2.24) is 15.8 Å². The number of nitrogens with one attached hydrogen (secondary N) is 3. The fourth-order valence-electron chi connectivity index (χ4n) is 3.25. The van der Waals surface area contributed by atoms with Gasteiger partial charge in [-0.1, -0.05) is 12.1 Å². The Morgan fingerprint density at radius 3 is 1.89 bits per heavy atom. The van der Waals surface area contributed by atoms with E-state index in [0.717, 1.165) is 4.90 Å². The van der Waals surface area contributed by atoms with Crippen LogP contribution in [0.3, 0.4) is 0 Å². The number of halogens is 6. The molecule has 0 saturated heterocycles. The Labute approximate surface area is 199 Å². The van der Waals surface area contributed by atoms with E-state index in [1.165, 1.54) is 19.1 Å². The third-order valence-electron chi connectivity index (χ3n) is 4.99. The summed E-state index contributed by atoms with van der Waals surface area (Å²) in [5.41, 5.74) is 1.29. The number of carbonyl (C=O) groups excluding carboxylic acids is 3. The van der Waals surface area contributed by atoms with Gasteiger partial charge in [0, 0.05) is 5.69 Å². The number of nitrogens with zero attached hydrogens (tertiary/aromatic N) is 1. The molecule has 1 unspecified atom stereocenters. The summed E-state index contributed by atoms with van der Waals surface area (Å²) in [5.74, 6) is -1.89. The van der Waals surface area contributed by atoms with Gasteiger partial charge in [0.25, 0.3) is 11.8 Å². The quantitative estimate of drug-likeness (QED) is 0.232. The van der Waals surface area contributed by atoms with E-state index in [2.05, 4.69) is 16.2 Å². The molecule has 1 heterocycles. The molecule has 2 aromatic rings. The van der Waals surface area contributed by atoms with Crippen molar-refractivity contribution in [3.8, 4) is 0 Å². The molecular formula is C21H16F6N4O3S. The van der Waals surface area contributed by atoms with Crippen LogP contribution in [-0.4, -0.2) is 40.2 Å². The van der Waals surface area contributed by atoms with Crippen LogP contribution in [0.25, 0.3) is 0 Å². The van der Waals surface area contributed by atoms with Crippen molar-refractivity contribution in [1.29, 1.82) is 0 Å². The van der Waals surface area contributed by atoms with Gasteiger partial charge >= 0.3 is 12.4 Å². The summed E-state index contributed by atoms with van der Waals surface area (Å²) in [6, 6.07) is 5.75. The molecule has 0 bridgehead atoms. The zero-order valence-electron chi connectivity index (χ0n) is 17.7. The zero-order chi connectivity index (χ0) is 26.1. The lowest BCUT2D eigenvalue weighted by molar-refractivity contribution is -0.143. The number of anilines is 1. The third-order valence-corrected chi connectivity index (χ3v) is 5.19. The molecule has 186 valence electrons. The van der Waals surface area contributed by atoms with Gasteiger partial charge in [-0.15, -0.1) is 0 Å². The minimum Gasteiger partial charge on any atom is -0.332 e. The number of amides is 2. The molecule has 1 aliphatic rings. The Hall–Kier alpha value is -3.52. The van der Waals surface area contributed by atoms with E-state index >= 15 is 0 Å².